The molecule has 1 amide bonds. The van der Waals surface area contributed by atoms with E-state index in [-0.39, 0.29) is 24.9 Å². The minimum atomic E-state index is -0.445. The Balaban J connectivity index is 2.30. The monoisotopic (exact) mass is 323 g/mol. The zero-order chi connectivity index (χ0) is 16.1. The second kappa shape index (κ2) is 7.42. The molecule has 1 unspecified atom stereocenters. The van der Waals surface area contributed by atoms with Crippen molar-refractivity contribution in [3.63, 3.8) is 0 Å². The highest BCUT2D eigenvalue weighted by Crippen LogP contribution is 2.34. The van der Waals surface area contributed by atoms with Crippen molar-refractivity contribution < 1.29 is 19.1 Å². The summed E-state index contributed by atoms with van der Waals surface area (Å²) in [5.74, 6) is -0.932. The fourth-order valence-corrected chi connectivity index (χ4v) is 2.67. The summed E-state index contributed by atoms with van der Waals surface area (Å²) in [4.78, 5) is 24.2. The number of nitrogens with one attached hydrogen (secondary N) is 1. The summed E-state index contributed by atoms with van der Waals surface area (Å²) in [6.07, 6.45) is 0.187. The van der Waals surface area contributed by atoms with E-state index in [0.29, 0.717) is 22.9 Å². The highest BCUT2D eigenvalue weighted by molar-refractivity contribution is 6.30. The largest absolute Gasteiger partial charge is 0.460 e. The first kappa shape index (κ1) is 16.5. The standard InChI is InChI=1S/C16H18ClNO4/c1-10-15(16(20)22-7-6-21-2)13(9-14(19)18-10)11-4-3-5-12(17)8-11/h3-5,8,13H,6-7,9H2,1-2H3,(H,18,19). The SMILES string of the molecule is COCCOC(=O)C1=C(C)NC(=O)CC1c1cccc(Cl)c1. The molecule has 1 aliphatic rings. The summed E-state index contributed by atoms with van der Waals surface area (Å²) < 4.78 is 10.1. The van der Waals surface area contributed by atoms with Crippen LogP contribution in [0.3, 0.4) is 0 Å². The van der Waals surface area contributed by atoms with Gasteiger partial charge in [0.25, 0.3) is 0 Å². The average molecular weight is 324 g/mol. The molecule has 22 heavy (non-hydrogen) atoms. The van der Waals surface area contributed by atoms with Crippen LogP contribution in [0.5, 0.6) is 0 Å². The van der Waals surface area contributed by atoms with E-state index in [0.717, 1.165) is 5.56 Å². The van der Waals surface area contributed by atoms with E-state index < -0.39 is 5.97 Å². The van der Waals surface area contributed by atoms with Gasteiger partial charge in [-0.2, -0.15) is 0 Å². The molecule has 1 N–H and O–H groups in total. The van der Waals surface area contributed by atoms with Gasteiger partial charge in [0.2, 0.25) is 5.91 Å². The van der Waals surface area contributed by atoms with Crippen LogP contribution in [-0.4, -0.2) is 32.2 Å². The van der Waals surface area contributed by atoms with Crippen molar-refractivity contribution in [2.75, 3.05) is 20.3 Å². The van der Waals surface area contributed by atoms with Gasteiger partial charge in [-0.1, -0.05) is 23.7 Å². The Hall–Kier alpha value is -1.85. The Morgan fingerprint density at radius 2 is 2.18 bits per heavy atom. The lowest BCUT2D eigenvalue weighted by atomic mass is 9.84. The lowest BCUT2D eigenvalue weighted by molar-refractivity contribution is -0.140. The van der Waals surface area contributed by atoms with Gasteiger partial charge in [0.15, 0.2) is 0 Å². The molecule has 1 aliphatic heterocycles. The maximum atomic E-state index is 12.3. The summed E-state index contributed by atoms with van der Waals surface area (Å²) in [5.41, 5.74) is 1.79. The van der Waals surface area contributed by atoms with Crippen LogP contribution in [0.2, 0.25) is 5.02 Å². The van der Waals surface area contributed by atoms with Gasteiger partial charge in [-0.25, -0.2) is 4.79 Å². The molecule has 1 aromatic carbocycles. The maximum absolute atomic E-state index is 12.3. The van der Waals surface area contributed by atoms with Crippen molar-refractivity contribution in [2.24, 2.45) is 0 Å². The van der Waals surface area contributed by atoms with Crippen LogP contribution in [0.25, 0.3) is 0 Å². The van der Waals surface area contributed by atoms with Crippen LogP contribution in [0.1, 0.15) is 24.8 Å². The van der Waals surface area contributed by atoms with Crippen molar-refractivity contribution >= 4 is 23.5 Å². The fourth-order valence-electron chi connectivity index (χ4n) is 2.47. The molecule has 0 bridgehead atoms. The van der Waals surface area contributed by atoms with Crippen molar-refractivity contribution in [3.05, 3.63) is 46.1 Å². The van der Waals surface area contributed by atoms with Crippen molar-refractivity contribution in [1.82, 2.24) is 5.32 Å². The summed E-state index contributed by atoms with van der Waals surface area (Å²) in [5, 5.41) is 3.25. The lowest BCUT2D eigenvalue weighted by Gasteiger charge is -2.26. The number of carbonyl (C=O) groups is 2. The molecule has 0 radical (unpaired) electrons. The van der Waals surface area contributed by atoms with Crippen molar-refractivity contribution in [1.29, 1.82) is 0 Å². The van der Waals surface area contributed by atoms with Crippen LogP contribution in [0.15, 0.2) is 35.5 Å². The highest BCUT2D eigenvalue weighted by atomic mass is 35.5. The molecular weight excluding hydrogens is 306 g/mol. The summed E-state index contributed by atoms with van der Waals surface area (Å²) >= 11 is 6.02. The lowest BCUT2D eigenvalue weighted by Crippen LogP contribution is -2.34. The van der Waals surface area contributed by atoms with E-state index in [1.165, 1.54) is 7.11 Å². The van der Waals surface area contributed by atoms with E-state index in [1.807, 2.05) is 6.07 Å². The number of hydrogen-bond donors (Lipinski definition) is 1. The Labute approximate surface area is 134 Å². The number of amides is 1. The number of carbonyl (C=O) groups excluding carboxylic acids is 2. The topological polar surface area (TPSA) is 64.6 Å². The Kier molecular flexibility index (Phi) is 5.57. The molecule has 6 heteroatoms. The summed E-state index contributed by atoms with van der Waals surface area (Å²) in [6.45, 7) is 2.19. The van der Waals surface area contributed by atoms with Gasteiger partial charge in [0.1, 0.15) is 6.61 Å². The smallest absolute Gasteiger partial charge is 0.336 e. The summed E-state index contributed by atoms with van der Waals surface area (Å²) in [6, 6.07) is 7.17. The second-order valence-electron chi connectivity index (χ2n) is 5.03. The highest BCUT2D eigenvalue weighted by Gasteiger charge is 2.32. The Morgan fingerprint density at radius 3 is 2.86 bits per heavy atom. The molecule has 0 saturated heterocycles. The number of hydrogen-bond acceptors (Lipinski definition) is 4. The molecule has 0 fully saturated rings. The molecule has 5 nitrogen and oxygen atoms in total. The number of halogens is 1. The Morgan fingerprint density at radius 1 is 1.41 bits per heavy atom. The third-order valence-corrected chi connectivity index (χ3v) is 3.70. The maximum Gasteiger partial charge on any atom is 0.336 e. The van der Waals surface area contributed by atoms with Gasteiger partial charge in [-0.15, -0.1) is 0 Å². The van der Waals surface area contributed by atoms with Crippen molar-refractivity contribution in [2.45, 2.75) is 19.3 Å². The molecular formula is C16H18ClNO4. The van der Waals surface area contributed by atoms with Gasteiger partial charge in [0, 0.05) is 30.2 Å². The number of ether oxygens (including phenoxy) is 2. The molecule has 1 heterocycles. The van der Waals surface area contributed by atoms with E-state index in [2.05, 4.69) is 5.32 Å². The first-order chi connectivity index (χ1) is 10.5. The third-order valence-electron chi connectivity index (χ3n) is 3.46. The van der Waals surface area contributed by atoms with E-state index >= 15 is 0 Å². The van der Waals surface area contributed by atoms with Crippen LogP contribution in [0.4, 0.5) is 0 Å². The number of rotatable bonds is 5. The van der Waals surface area contributed by atoms with Gasteiger partial charge < -0.3 is 14.8 Å². The van der Waals surface area contributed by atoms with E-state index in [9.17, 15) is 9.59 Å². The average Bonchev–Trinajstić information content (AvgIpc) is 2.46. The third kappa shape index (κ3) is 3.87. The normalized spacial score (nSPS) is 18.1. The van der Waals surface area contributed by atoms with Crippen molar-refractivity contribution in [3.8, 4) is 0 Å². The quantitative estimate of drug-likeness (QED) is 0.667. The molecule has 0 spiro atoms. The van der Waals surface area contributed by atoms with Gasteiger partial charge in [-0.05, 0) is 24.6 Å². The number of benzene rings is 1. The van der Waals surface area contributed by atoms with Gasteiger partial charge in [0.05, 0.1) is 12.2 Å². The van der Waals surface area contributed by atoms with E-state index in [1.54, 1.807) is 25.1 Å². The number of methoxy groups -OCH3 is 1. The molecule has 2 rings (SSSR count). The van der Waals surface area contributed by atoms with Crippen LogP contribution >= 0.6 is 11.6 Å². The van der Waals surface area contributed by atoms with Crippen LogP contribution in [0, 0.1) is 0 Å². The first-order valence-electron chi connectivity index (χ1n) is 6.95. The zero-order valence-corrected chi connectivity index (χ0v) is 13.3. The second-order valence-corrected chi connectivity index (χ2v) is 5.46. The van der Waals surface area contributed by atoms with Gasteiger partial charge >= 0.3 is 5.97 Å². The number of allylic oxidation sites excluding steroid dienone is 1. The Bertz CT molecular complexity index is 612. The van der Waals surface area contributed by atoms with E-state index in [4.69, 9.17) is 21.1 Å². The number of esters is 1. The predicted molar refractivity (Wildman–Crippen MR) is 82.5 cm³/mol. The van der Waals surface area contributed by atoms with Crippen LogP contribution < -0.4 is 5.32 Å². The predicted octanol–water partition coefficient (Wildman–Crippen LogP) is 2.41. The zero-order valence-electron chi connectivity index (χ0n) is 12.5. The molecule has 0 saturated carbocycles. The fraction of sp³-hybridized carbons (Fsp3) is 0.375. The molecule has 0 aromatic heterocycles. The molecule has 1 atom stereocenters. The minimum absolute atomic E-state index is 0.129. The minimum Gasteiger partial charge on any atom is -0.460 e. The molecule has 118 valence electrons. The molecule has 0 aliphatic carbocycles. The van der Waals surface area contributed by atoms with Crippen LogP contribution in [-0.2, 0) is 19.1 Å². The summed E-state index contributed by atoms with van der Waals surface area (Å²) in [7, 11) is 1.54. The first-order valence-corrected chi connectivity index (χ1v) is 7.33. The van der Waals surface area contributed by atoms with Gasteiger partial charge in [-0.3, -0.25) is 4.79 Å². The molecule has 1 aromatic rings.